The Bertz CT molecular complexity index is 887. The van der Waals surface area contributed by atoms with E-state index in [1.165, 1.54) is 0 Å². The average molecular weight is 418 g/mol. The number of nitrogens with one attached hydrogen (secondary N) is 2. The van der Waals surface area contributed by atoms with Crippen LogP contribution in [0.1, 0.15) is 63.5 Å². The standard InChI is InChI=1S/C22H28ClN3O3/c1-4-29-22(28)19-14(2)20(25-15(19)3)21(27)24-13-18(26-10-5-6-11-26)16-8-7-9-17(23)12-16/h7-9,12,18,25H,4-6,10-11,13H2,1-3H3,(H,24,27). The van der Waals surface area contributed by atoms with Gasteiger partial charge in [-0.1, -0.05) is 23.7 Å². The number of rotatable bonds is 7. The predicted molar refractivity (Wildman–Crippen MR) is 114 cm³/mol. The van der Waals surface area contributed by atoms with E-state index in [0.717, 1.165) is 31.5 Å². The molecule has 1 unspecified atom stereocenters. The lowest BCUT2D eigenvalue weighted by atomic mass is 10.1. The van der Waals surface area contributed by atoms with Crippen LogP contribution in [-0.2, 0) is 4.74 Å². The fourth-order valence-electron chi connectivity index (χ4n) is 3.99. The molecule has 29 heavy (non-hydrogen) atoms. The quantitative estimate of drug-likeness (QED) is 0.667. The number of benzene rings is 1. The van der Waals surface area contributed by atoms with Gasteiger partial charge in [0, 0.05) is 17.3 Å². The van der Waals surface area contributed by atoms with Crippen LogP contribution in [0.2, 0.25) is 5.02 Å². The Hall–Kier alpha value is -2.31. The lowest BCUT2D eigenvalue weighted by Gasteiger charge is -2.28. The number of H-pyrrole nitrogens is 1. The first kappa shape index (κ1) is 21.4. The summed E-state index contributed by atoms with van der Waals surface area (Å²) >= 11 is 6.20. The van der Waals surface area contributed by atoms with E-state index in [0.29, 0.717) is 40.7 Å². The zero-order chi connectivity index (χ0) is 21.0. The molecule has 1 aromatic heterocycles. The van der Waals surface area contributed by atoms with Crippen molar-refractivity contribution in [1.82, 2.24) is 15.2 Å². The van der Waals surface area contributed by atoms with Crippen molar-refractivity contribution in [3.8, 4) is 0 Å². The first-order valence-electron chi connectivity index (χ1n) is 10.1. The van der Waals surface area contributed by atoms with Crippen LogP contribution in [0.15, 0.2) is 24.3 Å². The van der Waals surface area contributed by atoms with Crippen LogP contribution < -0.4 is 5.32 Å². The van der Waals surface area contributed by atoms with Gasteiger partial charge in [-0.25, -0.2) is 4.79 Å². The summed E-state index contributed by atoms with van der Waals surface area (Å²) in [5, 5.41) is 3.73. The van der Waals surface area contributed by atoms with Gasteiger partial charge in [-0.15, -0.1) is 0 Å². The fourth-order valence-corrected chi connectivity index (χ4v) is 4.19. The number of carbonyl (C=O) groups excluding carboxylic acids is 2. The maximum absolute atomic E-state index is 12.9. The molecule has 0 aliphatic carbocycles. The molecule has 2 aromatic rings. The van der Waals surface area contributed by atoms with Crippen molar-refractivity contribution in [3.05, 3.63) is 57.4 Å². The van der Waals surface area contributed by atoms with Gasteiger partial charge in [0.25, 0.3) is 5.91 Å². The molecule has 0 radical (unpaired) electrons. The number of esters is 1. The summed E-state index contributed by atoms with van der Waals surface area (Å²) in [6, 6.07) is 7.85. The van der Waals surface area contributed by atoms with Crippen LogP contribution in [-0.4, -0.2) is 48.0 Å². The third kappa shape index (κ3) is 4.82. The summed E-state index contributed by atoms with van der Waals surface area (Å²) in [7, 11) is 0. The number of carbonyl (C=O) groups is 2. The Morgan fingerprint density at radius 3 is 2.66 bits per heavy atom. The van der Waals surface area contributed by atoms with Crippen molar-refractivity contribution in [2.75, 3.05) is 26.2 Å². The van der Waals surface area contributed by atoms with E-state index < -0.39 is 5.97 Å². The van der Waals surface area contributed by atoms with E-state index in [4.69, 9.17) is 16.3 Å². The minimum absolute atomic E-state index is 0.0565. The lowest BCUT2D eigenvalue weighted by molar-refractivity contribution is 0.0525. The van der Waals surface area contributed by atoms with Crippen LogP contribution in [0.25, 0.3) is 0 Å². The molecule has 1 fully saturated rings. The number of likely N-dealkylation sites (tertiary alicyclic amines) is 1. The van der Waals surface area contributed by atoms with Gasteiger partial charge < -0.3 is 15.0 Å². The van der Waals surface area contributed by atoms with Gasteiger partial charge in [0.2, 0.25) is 0 Å². The van der Waals surface area contributed by atoms with Gasteiger partial charge in [0.05, 0.1) is 18.2 Å². The molecule has 1 saturated heterocycles. The van der Waals surface area contributed by atoms with Gasteiger partial charge in [0.1, 0.15) is 5.69 Å². The summed E-state index contributed by atoms with van der Waals surface area (Å²) in [6.45, 7) is 8.06. The van der Waals surface area contributed by atoms with Crippen molar-refractivity contribution in [3.63, 3.8) is 0 Å². The normalized spacial score (nSPS) is 15.3. The van der Waals surface area contributed by atoms with Gasteiger partial charge >= 0.3 is 5.97 Å². The fraction of sp³-hybridized carbons (Fsp3) is 0.455. The third-order valence-corrected chi connectivity index (χ3v) is 5.65. The van der Waals surface area contributed by atoms with E-state index in [-0.39, 0.29) is 11.9 Å². The predicted octanol–water partition coefficient (Wildman–Crippen LogP) is 4.03. The number of aromatic amines is 1. The highest BCUT2D eigenvalue weighted by Gasteiger charge is 2.26. The molecule has 2 N–H and O–H groups in total. The van der Waals surface area contributed by atoms with Gasteiger partial charge in [-0.2, -0.15) is 0 Å². The van der Waals surface area contributed by atoms with Crippen LogP contribution in [0.3, 0.4) is 0 Å². The van der Waals surface area contributed by atoms with Crippen LogP contribution in [0, 0.1) is 13.8 Å². The summed E-state index contributed by atoms with van der Waals surface area (Å²) in [6.07, 6.45) is 2.31. The zero-order valence-corrected chi connectivity index (χ0v) is 17.9. The van der Waals surface area contributed by atoms with Gasteiger partial charge in [0.15, 0.2) is 0 Å². The summed E-state index contributed by atoms with van der Waals surface area (Å²) in [5.41, 5.74) is 3.17. The Morgan fingerprint density at radius 2 is 2.00 bits per heavy atom. The molecule has 1 atom stereocenters. The Balaban J connectivity index is 1.77. The summed E-state index contributed by atoms with van der Waals surface area (Å²) < 4.78 is 5.11. The summed E-state index contributed by atoms with van der Waals surface area (Å²) in [4.78, 5) is 30.5. The number of amides is 1. The highest BCUT2D eigenvalue weighted by atomic mass is 35.5. The van der Waals surface area contributed by atoms with E-state index in [2.05, 4.69) is 15.2 Å². The first-order chi connectivity index (χ1) is 13.9. The number of nitrogens with zero attached hydrogens (tertiary/aromatic N) is 1. The third-order valence-electron chi connectivity index (χ3n) is 5.41. The SMILES string of the molecule is CCOC(=O)c1c(C)[nH]c(C(=O)NCC(c2cccc(Cl)c2)N2CCCC2)c1C. The van der Waals surface area contributed by atoms with Crippen LogP contribution >= 0.6 is 11.6 Å². The first-order valence-corrected chi connectivity index (χ1v) is 10.4. The smallest absolute Gasteiger partial charge is 0.340 e. The molecule has 2 heterocycles. The number of aryl methyl sites for hydroxylation is 1. The number of hydrogen-bond donors (Lipinski definition) is 2. The number of ether oxygens (including phenoxy) is 1. The molecule has 0 bridgehead atoms. The monoisotopic (exact) mass is 417 g/mol. The maximum Gasteiger partial charge on any atom is 0.340 e. The second-order valence-electron chi connectivity index (χ2n) is 7.37. The maximum atomic E-state index is 12.9. The lowest BCUT2D eigenvalue weighted by Crippen LogP contribution is -2.37. The van der Waals surface area contributed by atoms with E-state index in [1.54, 1.807) is 20.8 Å². The minimum atomic E-state index is -0.410. The van der Waals surface area contributed by atoms with E-state index >= 15 is 0 Å². The largest absolute Gasteiger partial charge is 0.462 e. The second-order valence-corrected chi connectivity index (χ2v) is 7.81. The molecular weight excluding hydrogens is 390 g/mol. The van der Waals surface area contributed by atoms with Crippen LogP contribution in [0.5, 0.6) is 0 Å². The minimum Gasteiger partial charge on any atom is -0.462 e. The van der Waals surface area contributed by atoms with Gasteiger partial charge in [-0.3, -0.25) is 9.69 Å². The molecule has 3 rings (SSSR count). The molecule has 6 nitrogen and oxygen atoms in total. The van der Waals surface area contributed by atoms with E-state index in [1.807, 2.05) is 24.3 Å². The van der Waals surface area contributed by atoms with Crippen molar-refractivity contribution >= 4 is 23.5 Å². The molecular formula is C22H28ClN3O3. The van der Waals surface area contributed by atoms with Crippen LogP contribution in [0.4, 0.5) is 0 Å². The molecule has 1 amide bonds. The Morgan fingerprint density at radius 1 is 1.28 bits per heavy atom. The highest BCUT2D eigenvalue weighted by Crippen LogP contribution is 2.27. The summed E-state index contributed by atoms with van der Waals surface area (Å²) in [5.74, 6) is -0.640. The number of aromatic nitrogens is 1. The molecule has 0 spiro atoms. The molecule has 1 aliphatic rings. The number of halogens is 1. The van der Waals surface area contributed by atoms with Crippen molar-refractivity contribution in [2.24, 2.45) is 0 Å². The zero-order valence-electron chi connectivity index (χ0n) is 17.2. The topological polar surface area (TPSA) is 74.4 Å². The molecule has 0 saturated carbocycles. The average Bonchev–Trinajstić information content (AvgIpc) is 3.30. The molecule has 156 valence electrons. The molecule has 7 heteroatoms. The second kappa shape index (κ2) is 9.46. The van der Waals surface area contributed by atoms with E-state index in [9.17, 15) is 9.59 Å². The highest BCUT2D eigenvalue weighted by molar-refractivity contribution is 6.30. The van der Waals surface area contributed by atoms with Crippen molar-refractivity contribution in [2.45, 2.75) is 39.7 Å². The van der Waals surface area contributed by atoms with Gasteiger partial charge in [-0.05, 0) is 70.0 Å². The Labute approximate surface area is 176 Å². The number of hydrogen-bond acceptors (Lipinski definition) is 4. The Kier molecular flexibility index (Phi) is 6.98. The molecule has 1 aliphatic heterocycles. The molecule has 1 aromatic carbocycles. The van der Waals surface area contributed by atoms with Crippen molar-refractivity contribution in [1.29, 1.82) is 0 Å². The van der Waals surface area contributed by atoms with Crippen molar-refractivity contribution < 1.29 is 14.3 Å².